The van der Waals surface area contributed by atoms with E-state index >= 15 is 0 Å². The number of aromatic nitrogens is 1. The smallest absolute Gasteiger partial charge is 0.261 e. The van der Waals surface area contributed by atoms with Gasteiger partial charge in [0.25, 0.3) is 11.8 Å². The number of methoxy groups -OCH3 is 1. The van der Waals surface area contributed by atoms with Crippen LogP contribution in [0.25, 0.3) is 11.3 Å². The van der Waals surface area contributed by atoms with Gasteiger partial charge in [0.1, 0.15) is 17.3 Å². The number of hydrogen-bond acceptors (Lipinski definition) is 6. The Morgan fingerprint density at radius 1 is 1.32 bits per heavy atom. The third-order valence-corrected chi connectivity index (χ3v) is 6.07. The number of benzene rings is 1. The summed E-state index contributed by atoms with van der Waals surface area (Å²) in [6.45, 7) is 2.91. The van der Waals surface area contributed by atoms with E-state index in [1.165, 1.54) is 11.3 Å². The summed E-state index contributed by atoms with van der Waals surface area (Å²) in [5.41, 5.74) is 1.99. The van der Waals surface area contributed by atoms with Crippen LogP contribution in [0, 0.1) is 6.92 Å². The molecule has 1 saturated heterocycles. The number of anilines is 1. The molecule has 1 aliphatic rings. The first kappa shape index (κ1) is 21.5. The number of thiazole rings is 1. The zero-order chi connectivity index (χ0) is 22.0. The number of halogens is 2. The molecule has 0 radical (unpaired) electrons. The summed E-state index contributed by atoms with van der Waals surface area (Å²) in [6, 6.07) is 9.10. The Bertz CT molecular complexity index is 1070. The van der Waals surface area contributed by atoms with E-state index in [1.807, 2.05) is 34.5 Å². The highest BCUT2D eigenvalue weighted by Gasteiger charge is 2.34. The highest BCUT2D eigenvalue weighted by atomic mass is 32.1. The molecule has 3 heterocycles. The molecule has 1 fully saturated rings. The molecule has 31 heavy (non-hydrogen) atoms. The van der Waals surface area contributed by atoms with Gasteiger partial charge in [-0.15, -0.1) is 11.3 Å². The molecule has 2 aromatic heterocycles. The minimum absolute atomic E-state index is 0.129. The summed E-state index contributed by atoms with van der Waals surface area (Å²) in [6.07, 6.45) is -0.258. The quantitative estimate of drug-likeness (QED) is 0.562. The second kappa shape index (κ2) is 8.76. The predicted octanol–water partition coefficient (Wildman–Crippen LogP) is 5.20. The number of ether oxygens (including phenoxy) is 1. The van der Waals surface area contributed by atoms with E-state index in [4.69, 9.17) is 9.15 Å². The molecule has 9 heteroatoms. The van der Waals surface area contributed by atoms with Crippen molar-refractivity contribution in [3.63, 3.8) is 0 Å². The number of furan rings is 1. The molecular weight excluding hydrogens is 424 g/mol. The van der Waals surface area contributed by atoms with Crippen LogP contribution in [0.2, 0.25) is 0 Å². The fourth-order valence-corrected chi connectivity index (χ4v) is 4.19. The lowest BCUT2D eigenvalue weighted by atomic mass is 10.1. The van der Waals surface area contributed by atoms with Crippen molar-refractivity contribution in [2.75, 3.05) is 25.5 Å². The molecule has 1 N–H and O–H groups in total. The first-order chi connectivity index (χ1) is 14.8. The van der Waals surface area contributed by atoms with Crippen LogP contribution in [0.3, 0.4) is 0 Å². The van der Waals surface area contributed by atoms with E-state index in [1.54, 1.807) is 20.1 Å². The van der Waals surface area contributed by atoms with E-state index in [2.05, 4.69) is 10.3 Å². The van der Waals surface area contributed by atoms with Crippen molar-refractivity contribution in [3.8, 4) is 17.1 Å². The molecule has 0 atom stereocenters. The highest BCUT2D eigenvalue weighted by Crippen LogP contribution is 2.30. The molecule has 3 aromatic rings. The van der Waals surface area contributed by atoms with Gasteiger partial charge in [-0.2, -0.15) is 0 Å². The lowest BCUT2D eigenvalue weighted by Crippen LogP contribution is -2.38. The van der Waals surface area contributed by atoms with Crippen LogP contribution in [0.4, 0.5) is 13.9 Å². The van der Waals surface area contributed by atoms with E-state index in [-0.39, 0.29) is 18.7 Å². The maximum absolute atomic E-state index is 13.3. The summed E-state index contributed by atoms with van der Waals surface area (Å²) in [7, 11) is 1.59. The Balaban J connectivity index is 1.40. The molecule has 0 bridgehead atoms. The summed E-state index contributed by atoms with van der Waals surface area (Å²) in [5, 5.41) is 5.11. The largest absolute Gasteiger partial charge is 0.497 e. The van der Waals surface area contributed by atoms with Gasteiger partial charge in [-0.05, 0) is 25.1 Å². The number of nitrogens with one attached hydrogen (secondary N) is 1. The molecule has 6 nitrogen and oxygen atoms in total. The summed E-state index contributed by atoms with van der Waals surface area (Å²) in [5.74, 6) is -1.10. The van der Waals surface area contributed by atoms with Crippen molar-refractivity contribution in [1.29, 1.82) is 0 Å². The van der Waals surface area contributed by atoms with Crippen molar-refractivity contribution >= 4 is 22.4 Å². The normalized spacial score (nSPS) is 16.3. The standard InChI is InChI=1S/C22H23F2N3O3S/c1-14-18(11-19(30-14)15-4-3-5-17(10-15)29-2)20(28)26-21-25-16(13-31-21)12-27-8-6-22(23,24)7-9-27/h3-5,10-11,13H,6-9,12H2,1-2H3,(H,25,26,28). The monoisotopic (exact) mass is 447 g/mol. The lowest BCUT2D eigenvalue weighted by Gasteiger charge is -2.31. The molecule has 1 amide bonds. The van der Waals surface area contributed by atoms with E-state index < -0.39 is 5.92 Å². The molecular formula is C22H23F2N3O3S. The van der Waals surface area contributed by atoms with E-state index in [0.717, 1.165) is 11.3 Å². The summed E-state index contributed by atoms with van der Waals surface area (Å²) < 4.78 is 37.6. The Kier molecular flexibility index (Phi) is 6.06. The maximum atomic E-state index is 13.3. The van der Waals surface area contributed by atoms with Gasteiger partial charge in [0.05, 0.1) is 18.4 Å². The van der Waals surface area contributed by atoms with Gasteiger partial charge in [-0.25, -0.2) is 13.8 Å². The summed E-state index contributed by atoms with van der Waals surface area (Å²) >= 11 is 1.31. The van der Waals surface area contributed by atoms with Crippen LogP contribution in [-0.4, -0.2) is 41.9 Å². The number of carbonyl (C=O) groups excluding carboxylic acids is 1. The molecule has 1 aromatic carbocycles. The maximum Gasteiger partial charge on any atom is 0.261 e. The zero-order valence-electron chi connectivity index (χ0n) is 17.3. The number of aryl methyl sites for hydroxylation is 1. The lowest BCUT2D eigenvalue weighted by molar-refractivity contribution is -0.0568. The summed E-state index contributed by atoms with van der Waals surface area (Å²) in [4.78, 5) is 19.1. The van der Waals surface area contributed by atoms with Crippen LogP contribution in [0.5, 0.6) is 5.75 Å². The topological polar surface area (TPSA) is 67.6 Å². The van der Waals surface area contributed by atoms with Gasteiger partial charge in [0, 0.05) is 43.4 Å². The number of likely N-dealkylation sites (tertiary alicyclic amines) is 1. The minimum atomic E-state index is -2.57. The number of hydrogen-bond donors (Lipinski definition) is 1. The average molecular weight is 448 g/mol. The van der Waals surface area contributed by atoms with Crippen LogP contribution < -0.4 is 10.1 Å². The van der Waals surface area contributed by atoms with Crippen LogP contribution in [0.1, 0.15) is 34.7 Å². The molecule has 1 aliphatic heterocycles. The zero-order valence-corrected chi connectivity index (χ0v) is 18.1. The second-order valence-electron chi connectivity index (χ2n) is 7.54. The van der Waals surface area contributed by atoms with Gasteiger partial charge in [-0.3, -0.25) is 15.0 Å². The van der Waals surface area contributed by atoms with Gasteiger partial charge < -0.3 is 9.15 Å². The van der Waals surface area contributed by atoms with Crippen LogP contribution >= 0.6 is 11.3 Å². The van der Waals surface area contributed by atoms with Gasteiger partial charge >= 0.3 is 0 Å². The average Bonchev–Trinajstić information content (AvgIpc) is 3.36. The molecule has 4 rings (SSSR count). The third kappa shape index (κ3) is 5.11. The number of amides is 1. The number of alkyl halides is 2. The Hall–Kier alpha value is -2.78. The first-order valence-electron chi connectivity index (χ1n) is 9.94. The van der Waals surface area contributed by atoms with Gasteiger partial charge in [0.15, 0.2) is 5.13 Å². The van der Waals surface area contributed by atoms with Crippen LogP contribution in [-0.2, 0) is 6.54 Å². The fraction of sp³-hybridized carbons (Fsp3) is 0.364. The predicted molar refractivity (Wildman–Crippen MR) is 115 cm³/mol. The van der Waals surface area contributed by atoms with Crippen molar-refractivity contribution in [1.82, 2.24) is 9.88 Å². The van der Waals surface area contributed by atoms with E-state index in [0.29, 0.717) is 47.6 Å². The third-order valence-electron chi connectivity index (χ3n) is 5.26. The molecule has 164 valence electrons. The SMILES string of the molecule is COc1cccc(-c2cc(C(=O)Nc3nc(CN4CCC(F)(F)CC4)cs3)c(C)o2)c1. The second-order valence-corrected chi connectivity index (χ2v) is 8.40. The number of piperidine rings is 1. The first-order valence-corrected chi connectivity index (χ1v) is 10.8. The van der Waals surface area contributed by atoms with Crippen LogP contribution in [0.15, 0.2) is 40.1 Å². The van der Waals surface area contributed by atoms with Gasteiger partial charge in [-0.1, -0.05) is 12.1 Å². The molecule has 0 spiro atoms. The molecule has 0 saturated carbocycles. The fourth-order valence-electron chi connectivity index (χ4n) is 3.49. The minimum Gasteiger partial charge on any atom is -0.497 e. The molecule has 0 unspecified atom stereocenters. The van der Waals surface area contributed by atoms with E-state index in [9.17, 15) is 13.6 Å². The van der Waals surface area contributed by atoms with Crippen molar-refractivity contribution in [3.05, 3.63) is 52.7 Å². The number of nitrogens with zero attached hydrogens (tertiary/aromatic N) is 2. The molecule has 0 aliphatic carbocycles. The number of carbonyl (C=O) groups is 1. The Morgan fingerprint density at radius 3 is 2.84 bits per heavy atom. The Morgan fingerprint density at radius 2 is 2.10 bits per heavy atom. The van der Waals surface area contributed by atoms with Gasteiger partial charge in [0.2, 0.25) is 0 Å². The van der Waals surface area contributed by atoms with Crippen molar-refractivity contribution < 1.29 is 22.7 Å². The highest BCUT2D eigenvalue weighted by molar-refractivity contribution is 7.14. The van der Waals surface area contributed by atoms with Crippen molar-refractivity contribution in [2.45, 2.75) is 32.2 Å². The number of rotatable bonds is 6. The Labute approximate surface area is 182 Å². The van der Waals surface area contributed by atoms with Crippen molar-refractivity contribution in [2.24, 2.45) is 0 Å².